The van der Waals surface area contributed by atoms with E-state index in [9.17, 15) is 4.79 Å². The number of carbonyl (C=O) groups is 1. The smallest absolute Gasteiger partial charge is 0.241 e. The van der Waals surface area contributed by atoms with Crippen molar-refractivity contribution in [1.29, 1.82) is 0 Å². The highest BCUT2D eigenvalue weighted by Crippen LogP contribution is 2.22. The first-order chi connectivity index (χ1) is 11.2. The summed E-state index contributed by atoms with van der Waals surface area (Å²) in [4.78, 5) is 14.4. The molecule has 124 valence electrons. The van der Waals surface area contributed by atoms with Crippen molar-refractivity contribution in [3.05, 3.63) is 34.0 Å². The first kappa shape index (κ1) is 17.9. The first-order valence-corrected chi connectivity index (χ1v) is 8.87. The third-order valence-electron chi connectivity index (χ3n) is 3.68. The van der Waals surface area contributed by atoms with Crippen molar-refractivity contribution in [2.24, 2.45) is 0 Å². The standard InChI is InChI=1S/C16H22IN5O/c1-3-21(4-2)11-10-18-14(23)12-22-15(16(17)19-20-22)13-8-6-5-7-9-13/h5-9H,3-4,10-12H2,1-2H3,(H,18,23)/i17-2. The fraction of sp³-hybridized carbons (Fsp3) is 0.438. The van der Waals surface area contributed by atoms with Gasteiger partial charge in [0.05, 0.1) is 0 Å². The van der Waals surface area contributed by atoms with Gasteiger partial charge in [0.2, 0.25) is 5.91 Å². The Balaban J connectivity index is 1.97. The number of likely N-dealkylation sites (N-methyl/N-ethyl adjacent to an activating group) is 1. The topological polar surface area (TPSA) is 63.1 Å². The van der Waals surface area contributed by atoms with Gasteiger partial charge in [-0.2, -0.15) is 0 Å². The molecule has 0 aliphatic carbocycles. The fourth-order valence-electron chi connectivity index (χ4n) is 2.35. The van der Waals surface area contributed by atoms with Crippen LogP contribution in [-0.2, 0) is 11.3 Å². The van der Waals surface area contributed by atoms with Gasteiger partial charge in [0.15, 0.2) is 3.70 Å². The number of carbonyl (C=O) groups excluding carboxylic acids is 1. The number of aromatic nitrogens is 3. The average molecular weight is 425 g/mol. The van der Waals surface area contributed by atoms with Crippen LogP contribution in [0.25, 0.3) is 11.3 Å². The molecule has 1 N–H and O–H groups in total. The van der Waals surface area contributed by atoms with Crippen LogP contribution in [0.1, 0.15) is 13.8 Å². The van der Waals surface area contributed by atoms with Crippen LogP contribution >= 0.6 is 22.6 Å². The minimum Gasteiger partial charge on any atom is -0.353 e. The lowest BCUT2D eigenvalue weighted by atomic mass is 10.2. The summed E-state index contributed by atoms with van der Waals surface area (Å²) in [7, 11) is 0. The minimum absolute atomic E-state index is 0.0457. The molecular weight excluding hydrogens is 403 g/mol. The van der Waals surface area contributed by atoms with Gasteiger partial charge in [0, 0.05) is 18.7 Å². The van der Waals surface area contributed by atoms with Gasteiger partial charge in [-0.3, -0.25) is 4.79 Å². The van der Waals surface area contributed by atoms with Crippen LogP contribution in [0.15, 0.2) is 30.3 Å². The number of nitrogens with one attached hydrogen (secondary N) is 1. The van der Waals surface area contributed by atoms with E-state index >= 15 is 0 Å². The summed E-state index contributed by atoms with van der Waals surface area (Å²) in [6.45, 7) is 7.91. The van der Waals surface area contributed by atoms with Crippen molar-refractivity contribution in [1.82, 2.24) is 25.2 Å². The molecule has 0 aliphatic rings. The predicted octanol–water partition coefficient (Wildman–Crippen LogP) is 2.01. The third kappa shape index (κ3) is 5.00. The maximum absolute atomic E-state index is 12.1. The monoisotopic (exact) mass is 425 g/mol. The fourth-order valence-corrected chi connectivity index (χ4v) is 3.04. The normalized spacial score (nSPS) is 11.0. The lowest BCUT2D eigenvalue weighted by molar-refractivity contribution is -0.121. The molecule has 0 saturated heterocycles. The number of amides is 1. The average Bonchev–Trinajstić information content (AvgIpc) is 2.93. The zero-order chi connectivity index (χ0) is 16.7. The van der Waals surface area contributed by atoms with E-state index in [0.717, 1.165) is 34.6 Å². The van der Waals surface area contributed by atoms with Crippen LogP contribution in [0.2, 0.25) is 0 Å². The molecule has 0 aliphatic heterocycles. The van der Waals surface area contributed by atoms with Crippen molar-refractivity contribution in [2.75, 3.05) is 26.2 Å². The molecule has 0 unspecified atom stereocenters. The summed E-state index contributed by atoms with van der Waals surface area (Å²) in [6, 6.07) is 9.88. The second-order valence-electron chi connectivity index (χ2n) is 5.13. The summed E-state index contributed by atoms with van der Waals surface area (Å²) < 4.78 is 2.45. The number of rotatable bonds is 8. The van der Waals surface area contributed by atoms with Crippen LogP contribution in [-0.4, -0.2) is 52.0 Å². The summed E-state index contributed by atoms with van der Waals surface area (Å²) in [5, 5.41) is 11.1. The van der Waals surface area contributed by atoms with Crippen molar-refractivity contribution in [3.8, 4) is 11.3 Å². The maximum atomic E-state index is 12.1. The van der Waals surface area contributed by atoms with Crippen molar-refractivity contribution in [2.45, 2.75) is 20.4 Å². The van der Waals surface area contributed by atoms with E-state index in [4.69, 9.17) is 0 Å². The van der Waals surface area contributed by atoms with Crippen molar-refractivity contribution < 1.29 is 4.79 Å². The Bertz CT molecular complexity index is 625. The predicted molar refractivity (Wildman–Crippen MR) is 99.0 cm³/mol. The Morgan fingerprint density at radius 2 is 1.96 bits per heavy atom. The molecule has 23 heavy (non-hydrogen) atoms. The van der Waals surface area contributed by atoms with Gasteiger partial charge in [-0.15, -0.1) is 5.10 Å². The number of hydrogen-bond acceptors (Lipinski definition) is 4. The highest BCUT2D eigenvalue weighted by Gasteiger charge is 2.15. The molecule has 2 aromatic rings. The number of halogens is 1. The zero-order valence-electron chi connectivity index (χ0n) is 13.5. The summed E-state index contributed by atoms with van der Waals surface area (Å²) >= 11 is 2.15. The molecule has 1 amide bonds. The number of hydrogen-bond donors (Lipinski definition) is 1. The van der Waals surface area contributed by atoms with Gasteiger partial charge in [-0.25, -0.2) is 4.68 Å². The molecule has 6 nitrogen and oxygen atoms in total. The molecule has 0 fully saturated rings. The van der Waals surface area contributed by atoms with E-state index in [2.05, 4.69) is 57.0 Å². The Labute approximate surface area is 150 Å². The Morgan fingerprint density at radius 3 is 2.61 bits per heavy atom. The van der Waals surface area contributed by atoms with Crippen molar-refractivity contribution >= 4 is 28.5 Å². The van der Waals surface area contributed by atoms with Crippen LogP contribution in [0, 0.1) is 3.70 Å². The molecule has 0 spiro atoms. The van der Waals surface area contributed by atoms with Crippen LogP contribution in [0.3, 0.4) is 0 Å². The quantitative estimate of drug-likeness (QED) is 0.658. The van der Waals surface area contributed by atoms with Gasteiger partial charge in [-0.1, -0.05) is 49.4 Å². The first-order valence-electron chi connectivity index (χ1n) is 7.79. The second kappa shape index (κ2) is 8.97. The van der Waals surface area contributed by atoms with E-state index in [1.54, 1.807) is 4.68 Å². The molecule has 1 aromatic carbocycles. The Kier molecular flexibility index (Phi) is 6.97. The molecule has 1 aromatic heterocycles. The lowest BCUT2D eigenvalue weighted by Gasteiger charge is -2.18. The van der Waals surface area contributed by atoms with Gasteiger partial charge < -0.3 is 10.2 Å². The minimum atomic E-state index is -0.0457. The van der Waals surface area contributed by atoms with Crippen LogP contribution in [0.4, 0.5) is 0 Å². The van der Waals surface area contributed by atoms with E-state index < -0.39 is 0 Å². The van der Waals surface area contributed by atoms with E-state index in [0.29, 0.717) is 6.54 Å². The van der Waals surface area contributed by atoms with Gasteiger partial charge in [0.25, 0.3) is 0 Å². The van der Waals surface area contributed by atoms with Crippen LogP contribution < -0.4 is 5.32 Å². The van der Waals surface area contributed by atoms with E-state index in [-0.39, 0.29) is 12.5 Å². The second-order valence-corrected chi connectivity index (χ2v) is 6.15. The lowest BCUT2D eigenvalue weighted by Crippen LogP contribution is -2.36. The highest BCUT2D eigenvalue weighted by molar-refractivity contribution is 14.1. The van der Waals surface area contributed by atoms with Gasteiger partial charge >= 0.3 is 0 Å². The van der Waals surface area contributed by atoms with Crippen LogP contribution in [0.5, 0.6) is 0 Å². The Morgan fingerprint density at radius 1 is 1.26 bits per heavy atom. The highest BCUT2D eigenvalue weighted by atomic mass is 125. The Hall–Kier alpha value is -1.48. The third-order valence-corrected chi connectivity index (χ3v) is 4.41. The summed E-state index contributed by atoms with van der Waals surface area (Å²) in [5.74, 6) is -0.0457. The molecule has 0 saturated carbocycles. The van der Waals surface area contributed by atoms with E-state index in [1.165, 1.54) is 0 Å². The summed E-state index contributed by atoms with van der Waals surface area (Å²) in [6.07, 6.45) is 0. The number of nitrogens with zero attached hydrogens (tertiary/aromatic N) is 4. The molecule has 0 bridgehead atoms. The van der Waals surface area contributed by atoms with Crippen molar-refractivity contribution in [3.63, 3.8) is 0 Å². The molecular formula is C16H22IN5O. The van der Waals surface area contributed by atoms with Gasteiger partial charge in [0.1, 0.15) is 12.2 Å². The molecule has 7 heteroatoms. The van der Waals surface area contributed by atoms with E-state index in [1.807, 2.05) is 30.3 Å². The number of benzene rings is 1. The molecule has 1 heterocycles. The molecule has 2 rings (SSSR count). The molecule has 0 radical (unpaired) electrons. The maximum Gasteiger partial charge on any atom is 0.241 e. The summed E-state index contributed by atoms with van der Waals surface area (Å²) in [5.41, 5.74) is 1.89. The van der Waals surface area contributed by atoms with Gasteiger partial charge in [-0.05, 0) is 35.7 Å². The zero-order valence-corrected chi connectivity index (χ0v) is 15.7. The molecule has 0 atom stereocenters. The SMILES string of the molecule is CCN(CC)CCNC(=O)Cn1nnc([125I])c1-c1ccccc1. The largest absolute Gasteiger partial charge is 0.353 e.